The van der Waals surface area contributed by atoms with E-state index < -0.39 is 0 Å². The molecular formula is C17H22O2. The molecule has 1 unspecified atom stereocenters. The van der Waals surface area contributed by atoms with Crippen LogP contribution in [0.4, 0.5) is 0 Å². The first-order chi connectivity index (χ1) is 9.35. The molecule has 0 fully saturated rings. The highest BCUT2D eigenvalue weighted by atomic mass is 16.5. The minimum Gasteiger partial charge on any atom is -0.497 e. The third-order valence-electron chi connectivity index (χ3n) is 3.50. The molecule has 0 aliphatic rings. The zero-order valence-electron chi connectivity index (χ0n) is 11.8. The van der Waals surface area contributed by atoms with Crippen molar-refractivity contribution in [2.24, 2.45) is 0 Å². The Kier molecular flexibility index (Phi) is 5.08. The monoisotopic (exact) mass is 258 g/mol. The molecule has 2 aromatic rings. The van der Waals surface area contributed by atoms with Gasteiger partial charge in [-0.2, -0.15) is 0 Å². The molecule has 0 radical (unpaired) electrons. The van der Waals surface area contributed by atoms with Gasteiger partial charge in [0.1, 0.15) is 11.5 Å². The van der Waals surface area contributed by atoms with Crippen molar-refractivity contribution in [3.63, 3.8) is 0 Å². The van der Waals surface area contributed by atoms with Crippen LogP contribution >= 0.6 is 0 Å². The lowest BCUT2D eigenvalue weighted by atomic mass is 9.91. The van der Waals surface area contributed by atoms with Gasteiger partial charge < -0.3 is 9.15 Å². The topological polar surface area (TPSA) is 22.4 Å². The van der Waals surface area contributed by atoms with Crippen molar-refractivity contribution in [2.45, 2.75) is 38.5 Å². The normalized spacial score (nSPS) is 12.3. The number of hydrogen-bond donors (Lipinski definition) is 0. The summed E-state index contributed by atoms with van der Waals surface area (Å²) in [5, 5.41) is 0. The molecule has 0 aliphatic heterocycles. The average Bonchev–Trinajstić information content (AvgIpc) is 2.98. The molecule has 0 saturated carbocycles. The van der Waals surface area contributed by atoms with Crippen molar-refractivity contribution in [3.05, 3.63) is 54.0 Å². The number of hydrogen-bond acceptors (Lipinski definition) is 2. The molecule has 1 atom stereocenters. The van der Waals surface area contributed by atoms with Crippen molar-refractivity contribution in [1.82, 2.24) is 0 Å². The van der Waals surface area contributed by atoms with Crippen LogP contribution in [0.1, 0.15) is 49.8 Å². The zero-order chi connectivity index (χ0) is 13.5. The number of rotatable bonds is 7. The minimum atomic E-state index is 0.354. The van der Waals surface area contributed by atoms with Gasteiger partial charge in [0.05, 0.1) is 13.4 Å². The standard InChI is InChI=1S/C17H22O2/c1-3-4-5-7-16(17-8-6-13-19-17)14-9-11-15(18-2)12-10-14/h6,8-13,16H,3-5,7H2,1-2H3. The van der Waals surface area contributed by atoms with Gasteiger partial charge in [0, 0.05) is 5.92 Å². The van der Waals surface area contributed by atoms with Crippen LogP contribution in [0, 0.1) is 0 Å². The van der Waals surface area contributed by atoms with E-state index in [1.54, 1.807) is 13.4 Å². The molecule has 0 saturated heterocycles. The van der Waals surface area contributed by atoms with E-state index in [9.17, 15) is 0 Å². The van der Waals surface area contributed by atoms with E-state index in [0.29, 0.717) is 5.92 Å². The summed E-state index contributed by atoms with van der Waals surface area (Å²) in [7, 11) is 1.69. The Bertz CT molecular complexity index is 457. The van der Waals surface area contributed by atoms with Gasteiger partial charge in [0.15, 0.2) is 0 Å². The summed E-state index contributed by atoms with van der Waals surface area (Å²) in [5.74, 6) is 2.31. The van der Waals surface area contributed by atoms with E-state index in [2.05, 4.69) is 25.1 Å². The molecule has 1 heterocycles. The molecule has 1 aromatic heterocycles. The van der Waals surface area contributed by atoms with Crippen LogP contribution in [0.15, 0.2) is 47.1 Å². The number of benzene rings is 1. The third-order valence-corrected chi connectivity index (χ3v) is 3.50. The predicted octanol–water partition coefficient (Wildman–Crippen LogP) is 5.00. The molecule has 0 amide bonds. The lowest BCUT2D eigenvalue weighted by molar-refractivity contribution is 0.414. The van der Waals surface area contributed by atoms with E-state index in [-0.39, 0.29) is 0 Å². The Morgan fingerprint density at radius 1 is 1.11 bits per heavy atom. The Balaban J connectivity index is 2.15. The molecule has 0 spiro atoms. The van der Waals surface area contributed by atoms with Gasteiger partial charge in [0.25, 0.3) is 0 Å². The van der Waals surface area contributed by atoms with Crippen LogP contribution < -0.4 is 4.74 Å². The second-order valence-electron chi connectivity index (χ2n) is 4.84. The highest BCUT2D eigenvalue weighted by molar-refractivity contribution is 5.33. The zero-order valence-corrected chi connectivity index (χ0v) is 11.8. The van der Waals surface area contributed by atoms with E-state index in [1.807, 2.05) is 18.2 Å². The lowest BCUT2D eigenvalue weighted by Gasteiger charge is -2.15. The Morgan fingerprint density at radius 3 is 2.47 bits per heavy atom. The molecule has 0 N–H and O–H groups in total. The van der Waals surface area contributed by atoms with E-state index >= 15 is 0 Å². The van der Waals surface area contributed by atoms with Gasteiger partial charge in [-0.1, -0.05) is 38.3 Å². The average molecular weight is 258 g/mol. The molecule has 19 heavy (non-hydrogen) atoms. The van der Waals surface area contributed by atoms with Crippen LogP contribution in [-0.2, 0) is 0 Å². The van der Waals surface area contributed by atoms with Gasteiger partial charge in [-0.15, -0.1) is 0 Å². The third kappa shape index (κ3) is 3.63. The van der Waals surface area contributed by atoms with E-state index in [0.717, 1.165) is 17.9 Å². The van der Waals surface area contributed by atoms with Crippen LogP contribution in [-0.4, -0.2) is 7.11 Å². The molecule has 2 nitrogen and oxygen atoms in total. The Hall–Kier alpha value is -1.70. The van der Waals surface area contributed by atoms with Gasteiger partial charge >= 0.3 is 0 Å². The van der Waals surface area contributed by atoms with Crippen molar-refractivity contribution < 1.29 is 9.15 Å². The molecule has 2 heteroatoms. The second kappa shape index (κ2) is 7.03. The first-order valence-corrected chi connectivity index (χ1v) is 7.02. The molecular weight excluding hydrogens is 236 g/mol. The van der Waals surface area contributed by atoms with Gasteiger partial charge in [-0.05, 0) is 36.2 Å². The second-order valence-corrected chi connectivity index (χ2v) is 4.84. The van der Waals surface area contributed by atoms with Crippen molar-refractivity contribution in [2.75, 3.05) is 7.11 Å². The summed E-state index contributed by atoms with van der Waals surface area (Å²) in [6.07, 6.45) is 6.63. The van der Waals surface area contributed by atoms with Crippen LogP contribution in [0.3, 0.4) is 0 Å². The Labute approximate surface area is 115 Å². The number of unbranched alkanes of at least 4 members (excludes halogenated alkanes) is 2. The summed E-state index contributed by atoms with van der Waals surface area (Å²) in [5.41, 5.74) is 1.30. The maximum atomic E-state index is 5.61. The molecule has 2 rings (SSSR count). The van der Waals surface area contributed by atoms with E-state index in [1.165, 1.54) is 24.8 Å². The van der Waals surface area contributed by atoms with Crippen molar-refractivity contribution in [1.29, 1.82) is 0 Å². The summed E-state index contributed by atoms with van der Waals surface area (Å²) in [6.45, 7) is 2.23. The number of ether oxygens (including phenoxy) is 1. The fourth-order valence-electron chi connectivity index (χ4n) is 2.40. The highest BCUT2D eigenvalue weighted by Gasteiger charge is 2.16. The smallest absolute Gasteiger partial charge is 0.118 e. The van der Waals surface area contributed by atoms with Gasteiger partial charge in [-0.25, -0.2) is 0 Å². The van der Waals surface area contributed by atoms with Crippen LogP contribution in [0.25, 0.3) is 0 Å². The molecule has 102 valence electrons. The van der Waals surface area contributed by atoms with Crippen molar-refractivity contribution >= 4 is 0 Å². The minimum absolute atomic E-state index is 0.354. The highest BCUT2D eigenvalue weighted by Crippen LogP contribution is 2.31. The maximum Gasteiger partial charge on any atom is 0.118 e. The summed E-state index contributed by atoms with van der Waals surface area (Å²) < 4.78 is 10.8. The first-order valence-electron chi connectivity index (χ1n) is 7.02. The molecule has 1 aromatic carbocycles. The first kappa shape index (κ1) is 13.7. The summed E-state index contributed by atoms with van der Waals surface area (Å²) in [4.78, 5) is 0. The largest absolute Gasteiger partial charge is 0.497 e. The fraction of sp³-hybridized carbons (Fsp3) is 0.412. The summed E-state index contributed by atoms with van der Waals surface area (Å²) in [6, 6.07) is 12.3. The SMILES string of the molecule is CCCCCC(c1ccc(OC)cc1)c1ccco1. The quantitative estimate of drug-likeness (QED) is 0.652. The molecule has 0 bridgehead atoms. The number of methoxy groups -OCH3 is 1. The van der Waals surface area contributed by atoms with Crippen LogP contribution in [0.5, 0.6) is 5.75 Å². The van der Waals surface area contributed by atoms with Crippen molar-refractivity contribution in [3.8, 4) is 5.75 Å². The maximum absolute atomic E-state index is 5.61. The number of furan rings is 1. The molecule has 0 aliphatic carbocycles. The van der Waals surface area contributed by atoms with Gasteiger partial charge in [-0.3, -0.25) is 0 Å². The van der Waals surface area contributed by atoms with Crippen LogP contribution in [0.2, 0.25) is 0 Å². The summed E-state index contributed by atoms with van der Waals surface area (Å²) >= 11 is 0. The lowest BCUT2D eigenvalue weighted by Crippen LogP contribution is -2.00. The van der Waals surface area contributed by atoms with E-state index in [4.69, 9.17) is 9.15 Å². The predicted molar refractivity (Wildman–Crippen MR) is 77.7 cm³/mol. The van der Waals surface area contributed by atoms with Gasteiger partial charge in [0.2, 0.25) is 0 Å². The Morgan fingerprint density at radius 2 is 1.89 bits per heavy atom. The fourth-order valence-corrected chi connectivity index (χ4v) is 2.40.